The van der Waals surface area contributed by atoms with E-state index in [1.807, 2.05) is 6.92 Å². The SMILES string of the molecule is CC(CN)c1noc(C2CCCCCC2)n1. The summed E-state index contributed by atoms with van der Waals surface area (Å²) in [6, 6.07) is 0. The Bertz CT molecular complexity index is 316. The third-order valence-electron chi connectivity index (χ3n) is 3.46. The first-order chi connectivity index (χ1) is 7.81. The van der Waals surface area contributed by atoms with Gasteiger partial charge in [0.15, 0.2) is 5.82 Å². The van der Waals surface area contributed by atoms with Crippen molar-refractivity contribution in [2.45, 2.75) is 57.3 Å². The predicted octanol–water partition coefficient (Wildman–Crippen LogP) is 2.57. The second-order valence-electron chi connectivity index (χ2n) is 4.82. The molecule has 0 saturated heterocycles. The number of hydrogen-bond acceptors (Lipinski definition) is 4. The maximum absolute atomic E-state index is 5.60. The van der Waals surface area contributed by atoms with Crippen LogP contribution in [-0.2, 0) is 0 Å². The minimum atomic E-state index is 0.197. The molecule has 1 aliphatic rings. The molecule has 1 atom stereocenters. The van der Waals surface area contributed by atoms with Crippen LogP contribution in [0, 0.1) is 0 Å². The standard InChI is InChI=1S/C12H21N3O/c1-9(8-13)11-14-12(16-15-11)10-6-4-2-3-5-7-10/h9-10H,2-8,13H2,1H3. The molecule has 1 saturated carbocycles. The maximum Gasteiger partial charge on any atom is 0.229 e. The highest BCUT2D eigenvalue weighted by molar-refractivity contribution is 4.99. The number of aromatic nitrogens is 2. The van der Waals surface area contributed by atoms with Crippen LogP contribution in [0.2, 0.25) is 0 Å². The molecule has 0 amide bonds. The number of rotatable bonds is 3. The fraction of sp³-hybridized carbons (Fsp3) is 0.833. The van der Waals surface area contributed by atoms with E-state index in [0.29, 0.717) is 12.5 Å². The molecule has 1 aromatic heterocycles. The lowest BCUT2D eigenvalue weighted by Gasteiger charge is -2.07. The summed E-state index contributed by atoms with van der Waals surface area (Å²) >= 11 is 0. The molecule has 90 valence electrons. The van der Waals surface area contributed by atoms with E-state index < -0.39 is 0 Å². The van der Waals surface area contributed by atoms with E-state index in [9.17, 15) is 0 Å². The van der Waals surface area contributed by atoms with E-state index in [4.69, 9.17) is 10.3 Å². The van der Waals surface area contributed by atoms with Crippen molar-refractivity contribution >= 4 is 0 Å². The molecule has 1 aliphatic carbocycles. The Morgan fingerprint density at radius 1 is 1.31 bits per heavy atom. The second kappa shape index (κ2) is 5.43. The van der Waals surface area contributed by atoms with Gasteiger partial charge in [-0.05, 0) is 12.8 Å². The van der Waals surface area contributed by atoms with Gasteiger partial charge in [0.1, 0.15) is 0 Å². The summed E-state index contributed by atoms with van der Waals surface area (Å²) < 4.78 is 5.37. The van der Waals surface area contributed by atoms with Crippen molar-refractivity contribution in [2.24, 2.45) is 5.73 Å². The van der Waals surface area contributed by atoms with Gasteiger partial charge in [-0.25, -0.2) is 0 Å². The molecule has 1 aromatic rings. The van der Waals surface area contributed by atoms with Crippen LogP contribution < -0.4 is 5.73 Å². The van der Waals surface area contributed by atoms with E-state index in [-0.39, 0.29) is 5.92 Å². The third kappa shape index (κ3) is 2.61. The molecule has 1 unspecified atom stereocenters. The maximum atomic E-state index is 5.60. The van der Waals surface area contributed by atoms with Crippen LogP contribution in [0.5, 0.6) is 0 Å². The van der Waals surface area contributed by atoms with Gasteiger partial charge in [-0.15, -0.1) is 0 Å². The Labute approximate surface area is 96.6 Å². The molecular weight excluding hydrogens is 202 g/mol. The lowest BCUT2D eigenvalue weighted by Crippen LogP contribution is -2.10. The molecular formula is C12H21N3O. The first-order valence-electron chi connectivity index (χ1n) is 6.35. The third-order valence-corrected chi connectivity index (χ3v) is 3.46. The van der Waals surface area contributed by atoms with Crippen molar-refractivity contribution in [1.29, 1.82) is 0 Å². The minimum Gasteiger partial charge on any atom is -0.339 e. The molecule has 4 nitrogen and oxygen atoms in total. The van der Waals surface area contributed by atoms with Crippen LogP contribution in [-0.4, -0.2) is 16.7 Å². The molecule has 0 spiro atoms. The van der Waals surface area contributed by atoms with E-state index in [1.165, 1.54) is 38.5 Å². The van der Waals surface area contributed by atoms with Gasteiger partial charge in [-0.1, -0.05) is 37.8 Å². The summed E-state index contributed by atoms with van der Waals surface area (Å²) in [5.74, 6) is 2.27. The molecule has 0 radical (unpaired) electrons. The van der Waals surface area contributed by atoms with Crippen LogP contribution in [0.15, 0.2) is 4.52 Å². The molecule has 1 heterocycles. The van der Waals surface area contributed by atoms with E-state index in [2.05, 4.69) is 10.1 Å². The Kier molecular flexibility index (Phi) is 3.93. The van der Waals surface area contributed by atoms with Gasteiger partial charge in [-0.3, -0.25) is 0 Å². The first-order valence-corrected chi connectivity index (χ1v) is 6.35. The van der Waals surface area contributed by atoms with Crippen LogP contribution in [0.25, 0.3) is 0 Å². The number of hydrogen-bond donors (Lipinski definition) is 1. The Morgan fingerprint density at radius 2 is 2.00 bits per heavy atom. The molecule has 0 aliphatic heterocycles. The summed E-state index contributed by atoms with van der Waals surface area (Å²) in [4.78, 5) is 4.49. The molecule has 2 rings (SSSR count). The molecule has 1 fully saturated rings. The van der Waals surface area contributed by atoms with Crippen molar-refractivity contribution in [2.75, 3.05) is 6.54 Å². The molecule has 4 heteroatoms. The fourth-order valence-electron chi connectivity index (χ4n) is 2.24. The summed E-state index contributed by atoms with van der Waals surface area (Å²) in [5.41, 5.74) is 5.60. The van der Waals surface area contributed by atoms with Crippen molar-refractivity contribution in [3.05, 3.63) is 11.7 Å². The Hall–Kier alpha value is -0.900. The lowest BCUT2D eigenvalue weighted by atomic mass is 10.0. The number of nitrogens with zero attached hydrogens (tertiary/aromatic N) is 2. The molecule has 16 heavy (non-hydrogen) atoms. The summed E-state index contributed by atoms with van der Waals surface area (Å²) in [7, 11) is 0. The van der Waals surface area contributed by atoms with E-state index in [0.717, 1.165) is 11.7 Å². The quantitative estimate of drug-likeness (QED) is 0.800. The Morgan fingerprint density at radius 3 is 2.62 bits per heavy atom. The highest BCUT2D eigenvalue weighted by atomic mass is 16.5. The lowest BCUT2D eigenvalue weighted by molar-refractivity contribution is 0.336. The van der Waals surface area contributed by atoms with Gasteiger partial charge in [0.05, 0.1) is 0 Å². The zero-order valence-electron chi connectivity index (χ0n) is 9.98. The van der Waals surface area contributed by atoms with Crippen LogP contribution in [0.1, 0.15) is 69.0 Å². The Balaban J connectivity index is 2.05. The fourth-order valence-corrected chi connectivity index (χ4v) is 2.24. The zero-order chi connectivity index (χ0) is 11.4. The summed E-state index contributed by atoms with van der Waals surface area (Å²) in [6.45, 7) is 2.60. The van der Waals surface area contributed by atoms with Gasteiger partial charge in [-0.2, -0.15) is 4.98 Å². The van der Waals surface area contributed by atoms with Gasteiger partial charge in [0.2, 0.25) is 5.89 Å². The highest BCUT2D eigenvalue weighted by Gasteiger charge is 2.21. The zero-order valence-corrected chi connectivity index (χ0v) is 9.98. The van der Waals surface area contributed by atoms with E-state index >= 15 is 0 Å². The topological polar surface area (TPSA) is 64.9 Å². The van der Waals surface area contributed by atoms with Crippen molar-refractivity contribution in [1.82, 2.24) is 10.1 Å². The first kappa shape index (κ1) is 11.6. The van der Waals surface area contributed by atoms with Gasteiger partial charge in [0, 0.05) is 18.4 Å². The van der Waals surface area contributed by atoms with Crippen LogP contribution in [0.4, 0.5) is 0 Å². The smallest absolute Gasteiger partial charge is 0.229 e. The normalized spacial score (nSPS) is 20.6. The van der Waals surface area contributed by atoms with Crippen LogP contribution >= 0.6 is 0 Å². The van der Waals surface area contributed by atoms with Crippen molar-refractivity contribution in [3.63, 3.8) is 0 Å². The summed E-state index contributed by atoms with van der Waals surface area (Å²) in [6.07, 6.45) is 7.65. The predicted molar refractivity (Wildman–Crippen MR) is 62.2 cm³/mol. The van der Waals surface area contributed by atoms with E-state index in [1.54, 1.807) is 0 Å². The largest absolute Gasteiger partial charge is 0.339 e. The second-order valence-corrected chi connectivity index (χ2v) is 4.82. The minimum absolute atomic E-state index is 0.197. The molecule has 2 N–H and O–H groups in total. The monoisotopic (exact) mass is 223 g/mol. The number of nitrogens with two attached hydrogens (primary N) is 1. The van der Waals surface area contributed by atoms with Crippen molar-refractivity contribution < 1.29 is 4.52 Å². The van der Waals surface area contributed by atoms with Gasteiger partial charge >= 0.3 is 0 Å². The van der Waals surface area contributed by atoms with Gasteiger partial charge in [0.25, 0.3) is 0 Å². The van der Waals surface area contributed by atoms with Gasteiger partial charge < -0.3 is 10.3 Å². The molecule has 0 bridgehead atoms. The molecule has 0 aromatic carbocycles. The highest BCUT2D eigenvalue weighted by Crippen LogP contribution is 2.30. The van der Waals surface area contributed by atoms with Crippen molar-refractivity contribution in [3.8, 4) is 0 Å². The average Bonchev–Trinajstić information content (AvgIpc) is 2.64. The van der Waals surface area contributed by atoms with Crippen LogP contribution in [0.3, 0.4) is 0 Å². The summed E-state index contributed by atoms with van der Waals surface area (Å²) in [5, 5.41) is 4.03. The average molecular weight is 223 g/mol.